The Balaban J connectivity index is 1.77. The Labute approximate surface area is 180 Å². The molecule has 0 radical (unpaired) electrons. The minimum atomic E-state index is -1.34. The number of rotatable bonds is 6. The molecule has 8 heteroatoms. The standard InChI is InChI=1S/C23H22N4O4/c24-14-19-12-17(16-4-2-1-3-5-16)6-7-18(19)13-20(15-25)26-21(28)23(27-22(29)30)8-10-31-11-9-23/h1-7,12,20,27H,8-11,13H2,(H,26,28)(H,29,30). The lowest BCUT2D eigenvalue weighted by Crippen LogP contribution is -2.62. The smallest absolute Gasteiger partial charge is 0.405 e. The van der Waals surface area contributed by atoms with Crippen LogP contribution in [0.25, 0.3) is 11.1 Å². The molecule has 1 aliphatic heterocycles. The number of nitrogens with zero attached hydrogens (tertiary/aromatic N) is 2. The van der Waals surface area contributed by atoms with Crippen LogP contribution in [0, 0.1) is 22.7 Å². The monoisotopic (exact) mass is 418 g/mol. The molecule has 1 atom stereocenters. The number of hydrogen-bond donors (Lipinski definition) is 3. The first-order valence-electron chi connectivity index (χ1n) is 9.85. The number of amides is 2. The van der Waals surface area contributed by atoms with Gasteiger partial charge in [-0.25, -0.2) is 4.79 Å². The number of carbonyl (C=O) groups excluding carboxylic acids is 1. The van der Waals surface area contributed by atoms with Gasteiger partial charge in [0.1, 0.15) is 11.6 Å². The van der Waals surface area contributed by atoms with Crippen LogP contribution in [-0.2, 0) is 16.0 Å². The minimum Gasteiger partial charge on any atom is -0.465 e. The number of benzene rings is 2. The van der Waals surface area contributed by atoms with Crippen LogP contribution in [0.4, 0.5) is 4.79 Å². The van der Waals surface area contributed by atoms with Gasteiger partial charge >= 0.3 is 6.09 Å². The largest absolute Gasteiger partial charge is 0.465 e. The van der Waals surface area contributed by atoms with E-state index < -0.39 is 23.6 Å². The van der Waals surface area contributed by atoms with Crippen molar-refractivity contribution in [2.45, 2.75) is 30.8 Å². The summed E-state index contributed by atoms with van der Waals surface area (Å²) in [5.74, 6) is -0.566. The predicted molar refractivity (Wildman–Crippen MR) is 112 cm³/mol. The molecule has 2 aromatic rings. The van der Waals surface area contributed by atoms with Crippen molar-refractivity contribution >= 4 is 12.0 Å². The first-order chi connectivity index (χ1) is 15.0. The molecule has 158 valence electrons. The zero-order valence-corrected chi connectivity index (χ0v) is 16.8. The number of carboxylic acid groups (broad SMARTS) is 1. The highest BCUT2D eigenvalue weighted by Gasteiger charge is 2.42. The van der Waals surface area contributed by atoms with Crippen molar-refractivity contribution in [3.63, 3.8) is 0 Å². The topological polar surface area (TPSA) is 135 Å². The Hall–Kier alpha value is -3.88. The normalized spacial score (nSPS) is 15.7. The Kier molecular flexibility index (Phi) is 6.86. The molecular formula is C23H22N4O4. The van der Waals surface area contributed by atoms with E-state index in [1.807, 2.05) is 42.5 Å². The van der Waals surface area contributed by atoms with E-state index in [1.165, 1.54) is 0 Å². The molecule has 31 heavy (non-hydrogen) atoms. The highest BCUT2D eigenvalue weighted by Crippen LogP contribution is 2.24. The van der Waals surface area contributed by atoms with Crippen molar-refractivity contribution in [2.75, 3.05) is 13.2 Å². The van der Waals surface area contributed by atoms with E-state index in [-0.39, 0.29) is 32.5 Å². The Morgan fingerprint density at radius 3 is 2.42 bits per heavy atom. The van der Waals surface area contributed by atoms with Crippen molar-refractivity contribution in [1.82, 2.24) is 10.6 Å². The van der Waals surface area contributed by atoms with Crippen LogP contribution in [0.5, 0.6) is 0 Å². The minimum absolute atomic E-state index is 0.125. The maximum Gasteiger partial charge on any atom is 0.405 e. The van der Waals surface area contributed by atoms with Gasteiger partial charge in [-0.3, -0.25) is 4.79 Å². The van der Waals surface area contributed by atoms with Gasteiger partial charge in [0.2, 0.25) is 5.91 Å². The molecule has 8 nitrogen and oxygen atoms in total. The van der Waals surface area contributed by atoms with Crippen LogP contribution in [0.3, 0.4) is 0 Å². The molecule has 0 aromatic heterocycles. The molecule has 0 aliphatic carbocycles. The summed E-state index contributed by atoms with van der Waals surface area (Å²) in [5.41, 5.74) is 1.55. The summed E-state index contributed by atoms with van der Waals surface area (Å²) in [4.78, 5) is 24.1. The molecule has 0 spiro atoms. The number of hydrogen-bond acceptors (Lipinski definition) is 5. The van der Waals surface area contributed by atoms with Gasteiger partial charge in [0.05, 0.1) is 17.7 Å². The van der Waals surface area contributed by atoms with E-state index in [0.29, 0.717) is 11.1 Å². The highest BCUT2D eigenvalue weighted by atomic mass is 16.5. The van der Waals surface area contributed by atoms with E-state index in [4.69, 9.17) is 9.84 Å². The third-order valence-corrected chi connectivity index (χ3v) is 5.35. The lowest BCUT2D eigenvalue weighted by atomic mass is 9.88. The van der Waals surface area contributed by atoms with Gasteiger partial charge in [-0.05, 0) is 22.8 Å². The van der Waals surface area contributed by atoms with Gasteiger partial charge in [-0.2, -0.15) is 10.5 Å². The highest BCUT2D eigenvalue weighted by molar-refractivity contribution is 5.90. The zero-order valence-electron chi connectivity index (χ0n) is 16.8. The van der Waals surface area contributed by atoms with Crippen LogP contribution in [-0.4, -0.2) is 41.9 Å². The molecule has 1 unspecified atom stereocenters. The molecule has 3 N–H and O–H groups in total. The van der Waals surface area contributed by atoms with Crippen LogP contribution in [0.2, 0.25) is 0 Å². The fourth-order valence-corrected chi connectivity index (χ4v) is 3.65. The molecular weight excluding hydrogens is 396 g/mol. The Morgan fingerprint density at radius 1 is 1.10 bits per heavy atom. The van der Waals surface area contributed by atoms with E-state index in [2.05, 4.69) is 16.7 Å². The van der Waals surface area contributed by atoms with Crippen LogP contribution >= 0.6 is 0 Å². The van der Waals surface area contributed by atoms with Crippen molar-refractivity contribution in [1.29, 1.82) is 10.5 Å². The first kappa shape index (κ1) is 21.8. The molecule has 0 bridgehead atoms. The summed E-state index contributed by atoms with van der Waals surface area (Å²) in [6.07, 6.45) is -0.828. The maximum absolute atomic E-state index is 12.9. The summed E-state index contributed by atoms with van der Waals surface area (Å²) in [6.45, 7) is 0.481. The molecule has 0 saturated carbocycles. The van der Waals surface area contributed by atoms with Gasteiger partial charge in [0.15, 0.2) is 0 Å². The fraction of sp³-hybridized carbons (Fsp3) is 0.304. The Bertz CT molecular complexity index is 1030. The molecule has 1 aliphatic rings. The Morgan fingerprint density at radius 2 is 1.81 bits per heavy atom. The fourth-order valence-electron chi connectivity index (χ4n) is 3.65. The average molecular weight is 418 g/mol. The van der Waals surface area contributed by atoms with E-state index >= 15 is 0 Å². The summed E-state index contributed by atoms with van der Waals surface area (Å²) < 4.78 is 5.25. The van der Waals surface area contributed by atoms with Crippen molar-refractivity contribution in [3.8, 4) is 23.3 Å². The quantitative estimate of drug-likeness (QED) is 0.660. The summed E-state index contributed by atoms with van der Waals surface area (Å²) in [7, 11) is 0. The second-order valence-corrected chi connectivity index (χ2v) is 7.33. The van der Waals surface area contributed by atoms with E-state index in [1.54, 1.807) is 12.1 Å². The number of nitrogens with one attached hydrogen (secondary N) is 2. The van der Waals surface area contributed by atoms with Crippen molar-refractivity contribution in [2.24, 2.45) is 0 Å². The number of nitriles is 2. The van der Waals surface area contributed by atoms with Gasteiger partial charge in [-0.1, -0.05) is 42.5 Å². The second-order valence-electron chi connectivity index (χ2n) is 7.33. The van der Waals surface area contributed by atoms with Gasteiger partial charge in [-0.15, -0.1) is 0 Å². The second kappa shape index (κ2) is 9.75. The van der Waals surface area contributed by atoms with E-state index in [0.717, 1.165) is 11.1 Å². The van der Waals surface area contributed by atoms with Gasteiger partial charge in [0.25, 0.3) is 0 Å². The van der Waals surface area contributed by atoms with Crippen LogP contribution in [0.1, 0.15) is 24.0 Å². The zero-order chi connectivity index (χ0) is 22.3. The molecule has 2 aromatic carbocycles. The molecule has 1 fully saturated rings. The molecule has 1 saturated heterocycles. The van der Waals surface area contributed by atoms with E-state index in [9.17, 15) is 20.1 Å². The molecule has 2 amide bonds. The lowest BCUT2D eigenvalue weighted by Gasteiger charge is -2.36. The maximum atomic E-state index is 12.9. The van der Waals surface area contributed by atoms with Gasteiger partial charge in [0, 0.05) is 32.5 Å². The third kappa shape index (κ3) is 5.19. The SMILES string of the molecule is N#Cc1cc(-c2ccccc2)ccc1CC(C#N)NC(=O)C1(NC(=O)O)CCOCC1. The summed E-state index contributed by atoms with van der Waals surface area (Å²) in [5, 5.41) is 33.3. The summed E-state index contributed by atoms with van der Waals surface area (Å²) in [6, 6.07) is 18.3. The van der Waals surface area contributed by atoms with Crippen molar-refractivity contribution < 1.29 is 19.4 Å². The van der Waals surface area contributed by atoms with Gasteiger partial charge < -0.3 is 20.5 Å². The number of ether oxygens (including phenoxy) is 1. The predicted octanol–water partition coefficient (Wildman–Crippen LogP) is 2.59. The third-order valence-electron chi connectivity index (χ3n) is 5.35. The lowest BCUT2D eigenvalue weighted by molar-refractivity contribution is -0.131. The number of carbonyl (C=O) groups is 2. The first-order valence-corrected chi connectivity index (χ1v) is 9.85. The molecule has 3 rings (SSSR count). The van der Waals surface area contributed by atoms with Crippen molar-refractivity contribution in [3.05, 3.63) is 59.7 Å². The summed E-state index contributed by atoms with van der Waals surface area (Å²) >= 11 is 0. The van der Waals surface area contributed by atoms with Crippen LogP contribution in [0.15, 0.2) is 48.5 Å². The van der Waals surface area contributed by atoms with Crippen LogP contribution < -0.4 is 10.6 Å². The molecule has 1 heterocycles. The average Bonchev–Trinajstić information content (AvgIpc) is 2.79.